The number of hydrogen-bond donors (Lipinski definition) is 0. The van der Waals surface area contributed by atoms with Crippen LogP contribution in [0.15, 0.2) is 22.2 Å². The van der Waals surface area contributed by atoms with Gasteiger partial charge in [0.2, 0.25) is 5.13 Å². The van der Waals surface area contributed by atoms with Gasteiger partial charge in [-0.15, -0.1) is 11.3 Å². The van der Waals surface area contributed by atoms with Crippen LogP contribution in [-0.2, 0) is 6.42 Å². The summed E-state index contributed by atoms with van der Waals surface area (Å²) in [5, 5.41) is 7.23. The number of halogens is 1. The summed E-state index contributed by atoms with van der Waals surface area (Å²) in [6.07, 6.45) is 4.65. The Hall–Kier alpha value is -0.680. The predicted octanol–water partition coefficient (Wildman–Crippen LogP) is 2.65. The summed E-state index contributed by atoms with van der Waals surface area (Å²) in [6, 6.07) is 0. The van der Waals surface area contributed by atoms with E-state index in [-0.39, 0.29) is 0 Å². The fourth-order valence-electron chi connectivity index (χ4n) is 1.06. The van der Waals surface area contributed by atoms with Crippen molar-refractivity contribution in [3.8, 4) is 5.13 Å². The van der Waals surface area contributed by atoms with Crippen LogP contribution in [0.25, 0.3) is 5.13 Å². The summed E-state index contributed by atoms with van der Waals surface area (Å²) in [6.45, 7) is 2.08. The zero-order chi connectivity index (χ0) is 9.26. The SMILES string of the molecule is CCc1nn(-c2nccs2)cc1Br. The molecule has 0 amide bonds. The fourth-order valence-corrected chi connectivity index (χ4v) is 2.18. The number of hydrogen-bond acceptors (Lipinski definition) is 3. The standard InChI is InChI=1S/C8H8BrN3S/c1-2-7-6(9)5-12(11-7)8-10-3-4-13-8/h3-5H,2H2,1H3. The molecule has 0 aliphatic carbocycles. The molecule has 0 atom stereocenters. The summed E-state index contributed by atoms with van der Waals surface area (Å²) in [4.78, 5) is 4.17. The third-order valence-corrected chi connectivity index (χ3v) is 3.11. The molecule has 0 spiro atoms. The average molecular weight is 258 g/mol. The maximum atomic E-state index is 4.39. The lowest BCUT2D eigenvalue weighted by molar-refractivity contribution is 0.833. The van der Waals surface area contributed by atoms with E-state index >= 15 is 0 Å². The maximum Gasteiger partial charge on any atom is 0.210 e. The minimum Gasteiger partial charge on any atom is -0.227 e. The van der Waals surface area contributed by atoms with Crippen molar-refractivity contribution < 1.29 is 0 Å². The van der Waals surface area contributed by atoms with Crippen LogP contribution in [0.5, 0.6) is 0 Å². The van der Waals surface area contributed by atoms with E-state index in [1.54, 1.807) is 22.2 Å². The second kappa shape index (κ2) is 3.59. The smallest absolute Gasteiger partial charge is 0.210 e. The number of aromatic nitrogens is 3. The van der Waals surface area contributed by atoms with Crippen molar-refractivity contribution >= 4 is 27.3 Å². The van der Waals surface area contributed by atoms with E-state index in [0.29, 0.717) is 0 Å². The van der Waals surface area contributed by atoms with E-state index < -0.39 is 0 Å². The summed E-state index contributed by atoms with van der Waals surface area (Å²) in [5.41, 5.74) is 1.07. The summed E-state index contributed by atoms with van der Waals surface area (Å²) >= 11 is 5.03. The molecule has 0 radical (unpaired) electrons. The Balaban J connectivity index is 2.43. The lowest BCUT2D eigenvalue weighted by atomic mass is 10.3. The van der Waals surface area contributed by atoms with Gasteiger partial charge in [-0.2, -0.15) is 5.10 Å². The van der Waals surface area contributed by atoms with Crippen molar-refractivity contribution in [2.45, 2.75) is 13.3 Å². The Morgan fingerprint density at radius 2 is 2.46 bits per heavy atom. The van der Waals surface area contributed by atoms with E-state index in [1.165, 1.54) is 0 Å². The van der Waals surface area contributed by atoms with Crippen LogP contribution in [0.1, 0.15) is 12.6 Å². The minimum absolute atomic E-state index is 0.903. The van der Waals surface area contributed by atoms with Crippen molar-refractivity contribution in [1.82, 2.24) is 14.8 Å². The molecule has 0 saturated carbocycles. The first-order chi connectivity index (χ1) is 6.31. The molecule has 0 fully saturated rings. The first-order valence-corrected chi connectivity index (χ1v) is 5.62. The van der Waals surface area contributed by atoms with Gasteiger partial charge in [0.25, 0.3) is 0 Å². The third kappa shape index (κ3) is 1.66. The minimum atomic E-state index is 0.903. The van der Waals surface area contributed by atoms with Gasteiger partial charge in [-0.1, -0.05) is 6.92 Å². The zero-order valence-electron chi connectivity index (χ0n) is 7.07. The molecule has 0 bridgehead atoms. The number of aryl methyl sites for hydroxylation is 1. The Morgan fingerprint density at radius 1 is 1.62 bits per heavy atom. The molecule has 0 saturated heterocycles. The van der Waals surface area contributed by atoms with Crippen molar-refractivity contribution in [1.29, 1.82) is 0 Å². The predicted molar refractivity (Wildman–Crippen MR) is 56.3 cm³/mol. The maximum absolute atomic E-state index is 4.39. The second-order valence-corrected chi connectivity index (χ2v) is 4.26. The topological polar surface area (TPSA) is 30.7 Å². The molecule has 3 nitrogen and oxygen atoms in total. The summed E-state index contributed by atoms with van der Waals surface area (Å²) in [5.74, 6) is 0. The third-order valence-electron chi connectivity index (χ3n) is 1.69. The van der Waals surface area contributed by atoms with Gasteiger partial charge in [0.15, 0.2) is 0 Å². The van der Waals surface area contributed by atoms with E-state index in [0.717, 1.165) is 21.7 Å². The van der Waals surface area contributed by atoms with Crippen LogP contribution >= 0.6 is 27.3 Å². The Kier molecular flexibility index (Phi) is 2.46. The van der Waals surface area contributed by atoms with Gasteiger partial charge < -0.3 is 0 Å². The van der Waals surface area contributed by atoms with Crippen LogP contribution in [0, 0.1) is 0 Å². The molecule has 0 aliphatic rings. The van der Waals surface area contributed by atoms with Gasteiger partial charge in [0, 0.05) is 17.8 Å². The number of rotatable bonds is 2. The molecule has 0 aliphatic heterocycles. The Labute approximate surface area is 88.6 Å². The van der Waals surface area contributed by atoms with Gasteiger partial charge in [0.1, 0.15) is 0 Å². The molecule has 0 aromatic carbocycles. The van der Waals surface area contributed by atoms with Crippen LogP contribution in [-0.4, -0.2) is 14.8 Å². The quantitative estimate of drug-likeness (QED) is 0.829. The van der Waals surface area contributed by atoms with E-state index in [4.69, 9.17) is 0 Å². The van der Waals surface area contributed by atoms with Crippen LogP contribution in [0.2, 0.25) is 0 Å². The molecule has 0 unspecified atom stereocenters. The van der Waals surface area contributed by atoms with Crippen LogP contribution in [0.3, 0.4) is 0 Å². The van der Waals surface area contributed by atoms with Crippen molar-refractivity contribution in [3.63, 3.8) is 0 Å². The molecule has 2 rings (SSSR count). The normalized spacial score (nSPS) is 10.6. The van der Waals surface area contributed by atoms with E-state index in [2.05, 4.69) is 32.9 Å². The lowest BCUT2D eigenvalue weighted by Crippen LogP contribution is -1.94. The fraction of sp³-hybridized carbons (Fsp3) is 0.250. The Morgan fingerprint density at radius 3 is 3.00 bits per heavy atom. The number of nitrogens with zero attached hydrogens (tertiary/aromatic N) is 3. The van der Waals surface area contributed by atoms with Crippen molar-refractivity contribution in [2.75, 3.05) is 0 Å². The molecule has 2 aromatic rings. The van der Waals surface area contributed by atoms with E-state index in [1.807, 2.05) is 11.6 Å². The highest BCUT2D eigenvalue weighted by Gasteiger charge is 2.06. The van der Waals surface area contributed by atoms with Gasteiger partial charge in [0.05, 0.1) is 10.2 Å². The molecular formula is C8H8BrN3S. The Bertz CT molecular complexity index is 393. The highest BCUT2D eigenvalue weighted by Crippen LogP contribution is 2.19. The van der Waals surface area contributed by atoms with Crippen molar-refractivity contribution in [2.24, 2.45) is 0 Å². The first-order valence-electron chi connectivity index (χ1n) is 3.95. The molecule has 2 heterocycles. The highest BCUT2D eigenvalue weighted by atomic mass is 79.9. The van der Waals surface area contributed by atoms with Gasteiger partial charge in [-0.25, -0.2) is 9.67 Å². The van der Waals surface area contributed by atoms with Crippen LogP contribution < -0.4 is 0 Å². The summed E-state index contributed by atoms with van der Waals surface area (Å²) in [7, 11) is 0. The highest BCUT2D eigenvalue weighted by molar-refractivity contribution is 9.10. The summed E-state index contributed by atoms with van der Waals surface area (Å²) < 4.78 is 2.85. The van der Waals surface area contributed by atoms with Gasteiger partial charge in [-0.05, 0) is 22.4 Å². The molecule has 5 heteroatoms. The molecule has 2 aromatic heterocycles. The molecular weight excluding hydrogens is 250 g/mol. The second-order valence-electron chi connectivity index (χ2n) is 2.54. The zero-order valence-corrected chi connectivity index (χ0v) is 9.47. The first kappa shape index (κ1) is 8.90. The molecule has 13 heavy (non-hydrogen) atoms. The lowest BCUT2D eigenvalue weighted by Gasteiger charge is -1.91. The molecule has 0 N–H and O–H groups in total. The molecule has 68 valence electrons. The van der Waals surface area contributed by atoms with E-state index in [9.17, 15) is 0 Å². The van der Waals surface area contributed by atoms with Crippen LogP contribution in [0.4, 0.5) is 0 Å². The van der Waals surface area contributed by atoms with Gasteiger partial charge >= 0.3 is 0 Å². The largest absolute Gasteiger partial charge is 0.227 e. The van der Waals surface area contributed by atoms with Gasteiger partial charge in [-0.3, -0.25) is 0 Å². The average Bonchev–Trinajstić information content (AvgIpc) is 2.71. The number of thiazole rings is 1. The van der Waals surface area contributed by atoms with Crippen molar-refractivity contribution in [3.05, 3.63) is 27.9 Å². The monoisotopic (exact) mass is 257 g/mol.